The quantitative estimate of drug-likeness (QED) is 0.274. The second-order valence-corrected chi connectivity index (χ2v) is 6.12. The van der Waals surface area contributed by atoms with Gasteiger partial charge in [0.25, 0.3) is 0 Å². The third-order valence-electron chi connectivity index (χ3n) is 0.333. The van der Waals surface area contributed by atoms with Crippen molar-refractivity contribution in [1.82, 2.24) is 6.15 Å². The van der Waals surface area contributed by atoms with Crippen LogP contribution in [0.5, 0.6) is 0 Å². The van der Waals surface area contributed by atoms with E-state index in [0.717, 1.165) is 0 Å². The molecule has 0 rings (SSSR count). The molecule has 0 aromatic heterocycles. The Labute approximate surface area is 154 Å². The third kappa shape index (κ3) is 36.5. The smallest absolute Gasteiger partial charge is 0.725 e. The van der Waals surface area contributed by atoms with Crippen LogP contribution in [0.25, 0.3) is 0 Å². The zero-order valence-electron chi connectivity index (χ0n) is 8.73. The summed E-state index contributed by atoms with van der Waals surface area (Å²) in [6.07, 6.45) is 0. The van der Waals surface area contributed by atoms with Crippen molar-refractivity contribution in [3.63, 3.8) is 0 Å². The minimum atomic E-state index is -5.43. The SMILES string of the molecule is O=S(=O)([O-])OS(=O)(=O)[O-].O=S(=O)([O-])OS(=O)(=O)[O-].[Eu+3].[NH4+]. The van der Waals surface area contributed by atoms with Gasteiger partial charge >= 0.3 is 49.4 Å². The van der Waals surface area contributed by atoms with Crippen molar-refractivity contribution < 1.29 is 109 Å². The summed E-state index contributed by atoms with van der Waals surface area (Å²) in [4.78, 5) is 0. The van der Waals surface area contributed by atoms with E-state index in [2.05, 4.69) is 7.26 Å². The van der Waals surface area contributed by atoms with Gasteiger partial charge in [0, 0.05) is 0 Å². The summed E-state index contributed by atoms with van der Waals surface area (Å²) < 4.78 is 116. The van der Waals surface area contributed by atoms with Gasteiger partial charge in [0.2, 0.25) is 41.6 Å². The average Bonchev–Trinajstić information content (AvgIpc) is 1.64. The summed E-state index contributed by atoms with van der Waals surface area (Å²) in [5.41, 5.74) is 0. The summed E-state index contributed by atoms with van der Waals surface area (Å²) in [7, 11) is -21.7. The van der Waals surface area contributed by atoms with E-state index in [4.69, 9.17) is 0 Å². The molecule has 0 aliphatic rings. The Hall–Kier alpha value is 1.10. The van der Waals surface area contributed by atoms with Crippen LogP contribution in [0.1, 0.15) is 0 Å². The molecule has 4 N–H and O–H groups in total. The predicted molar refractivity (Wildman–Crippen MR) is 46.9 cm³/mol. The van der Waals surface area contributed by atoms with E-state index >= 15 is 0 Å². The van der Waals surface area contributed by atoms with Crippen LogP contribution in [0.2, 0.25) is 0 Å². The van der Waals surface area contributed by atoms with E-state index < -0.39 is 41.6 Å². The van der Waals surface area contributed by atoms with Crippen molar-refractivity contribution >= 4 is 41.6 Å². The van der Waals surface area contributed by atoms with Crippen LogP contribution >= 0.6 is 0 Å². The van der Waals surface area contributed by atoms with Gasteiger partial charge in [0.1, 0.15) is 0 Å². The molecule has 20 heteroatoms. The Kier molecular flexibility index (Phi) is 14.6. The van der Waals surface area contributed by atoms with Crippen LogP contribution < -0.4 is 6.15 Å². The largest absolute Gasteiger partial charge is 3.00 e. The number of rotatable bonds is 4. The zero-order valence-corrected chi connectivity index (χ0v) is 14.4. The van der Waals surface area contributed by atoms with Gasteiger partial charge in [-0.15, -0.1) is 0 Å². The van der Waals surface area contributed by atoms with Gasteiger partial charge < -0.3 is 24.4 Å². The fraction of sp³-hybridized carbons (Fsp3) is 0. The summed E-state index contributed by atoms with van der Waals surface area (Å²) in [5.74, 6) is 0. The van der Waals surface area contributed by atoms with Gasteiger partial charge in [-0.25, -0.2) is 33.7 Å². The second-order valence-electron chi connectivity index (χ2n) is 1.77. The summed E-state index contributed by atoms with van der Waals surface area (Å²) in [5, 5.41) is 0. The van der Waals surface area contributed by atoms with Crippen molar-refractivity contribution in [3.05, 3.63) is 0 Å². The minimum Gasteiger partial charge on any atom is -0.725 e. The Balaban J connectivity index is -0.000000116. The molecule has 0 bridgehead atoms. The van der Waals surface area contributed by atoms with E-state index in [9.17, 15) is 51.9 Å². The Morgan fingerprint density at radius 3 is 0.600 bits per heavy atom. The fourth-order valence-corrected chi connectivity index (χ4v) is 1.84. The van der Waals surface area contributed by atoms with Crippen LogP contribution in [-0.4, -0.2) is 51.9 Å². The van der Waals surface area contributed by atoms with Crippen molar-refractivity contribution in [3.8, 4) is 0 Å². The molecule has 0 spiro atoms. The molecule has 0 aromatic rings. The molecule has 0 saturated carbocycles. The Bertz CT molecular complexity index is 537. The van der Waals surface area contributed by atoms with Gasteiger partial charge in [-0.3, -0.25) is 0 Å². The molecular weight excluding hydrogens is 518 g/mol. The monoisotopic (exact) mass is 523 g/mol. The van der Waals surface area contributed by atoms with Gasteiger partial charge in [0.05, 0.1) is 0 Å². The topological polar surface area (TPSA) is 284 Å². The molecule has 0 aliphatic carbocycles. The zero-order chi connectivity index (χ0) is 15.4. The van der Waals surface area contributed by atoms with E-state index in [-0.39, 0.29) is 55.5 Å². The molecule has 0 radical (unpaired) electrons. The first-order valence-electron chi connectivity index (χ1n) is 2.67. The molecule has 124 valence electrons. The van der Waals surface area contributed by atoms with Crippen molar-refractivity contribution in [2.45, 2.75) is 0 Å². The van der Waals surface area contributed by atoms with Gasteiger partial charge in [-0.05, 0) is 0 Å². The average molecular weight is 522 g/mol. The molecule has 0 unspecified atom stereocenters. The maximum Gasteiger partial charge on any atom is 3.00 e. The van der Waals surface area contributed by atoms with E-state index in [1.807, 2.05) is 0 Å². The molecule has 0 aromatic carbocycles. The summed E-state index contributed by atoms with van der Waals surface area (Å²) >= 11 is 0. The molecule has 20 heavy (non-hydrogen) atoms. The first kappa shape index (κ1) is 29.2. The van der Waals surface area contributed by atoms with Crippen LogP contribution in [0.4, 0.5) is 0 Å². The van der Waals surface area contributed by atoms with Gasteiger partial charge in [0.15, 0.2) is 0 Å². The van der Waals surface area contributed by atoms with Crippen LogP contribution in [0.3, 0.4) is 0 Å². The number of quaternary nitrogens is 1. The molecular formula is H4EuNO14S4. The standard InChI is InChI=1S/Eu.H3N.2H2O7S2/c;;2*1-8(2,3)7-9(4,5)6/h;1H3;2*(H,1,2,3)(H,4,5,6)/q+3;;;/p-3. The minimum absolute atomic E-state index is 0. The molecule has 0 saturated heterocycles. The summed E-state index contributed by atoms with van der Waals surface area (Å²) in [6.45, 7) is 0. The fourth-order valence-electron chi connectivity index (χ4n) is 0.204. The number of hydrogen-bond acceptors (Lipinski definition) is 14. The molecule has 15 nitrogen and oxygen atoms in total. The Morgan fingerprint density at radius 2 is 0.600 bits per heavy atom. The maximum atomic E-state index is 9.29. The van der Waals surface area contributed by atoms with E-state index in [1.165, 1.54) is 0 Å². The van der Waals surface area contributed by atoms with Crippen molar-refractivity contribution in [1.29, 1.82) is 0 Å². The van der Waals surface area contributed by atoms with E-state index in [0.29, 0.717) is 0 Å². The first-order chi connectivity index (χ1) is 7.41. The molecule has 0 atom stereocenters. The van der Waals surface area contributed by atoms with Crippen LogP contribution in [-0.2, 0) is 48.9 Å². The van der Waals surface area contributed by atoms with Crippen molar-refractivity contribution in [2.24, 2.45) is 0 Å². The molecule has 0 amide bonds. The Morgan fingerprint density at radius 1 is 0.500 bits per heavy atom. The predicted octanol–water partition coefficient (Wildman–Crippen LogP) is -3.78. The van der Waals surface area contributed by atoms with Crippen molar-refractivity contribution in [2.75, 3.05) is 0 Å². The molecule has 0 aliphatic heterocycles. The van der Waals surface area contributed by atoms with E-state index in [1.54, 1.807) is 0 Å². The van der Waals surface area contributed by atoms with Crippen LogP contribution in [0, 0.1) is 49.4 Å². The second kappa shape index (κ2) is 9.99. The van der Waals surface area contributed by atoms with Gasteiger partial charge in [-0.2, -0.15) is 7.26 Å². The normalized spacial score (nSPS) is 12.2. The van der Waals surface area contributed by atoms with Crippen LogP contribution in [0.15, 0.2) is 0 Å². The first-order valence-corrected chi connectivity index (χ1v) is 8.00. The third-order valence-corrected chi connectivity index (χ3v) is 3.00. The maximum absolute atomic E-state index is 9.29. The molecule has 0 fully saturated rings. The number of hydrogen-bond donors (Lipinski definition) is 1. The van der Waals surface area contributed by atoms with Gasteiger partial charge in [-0.1, -0.05) is 0 Å². The molecule has 0 heterocycles. The summed E-state index contributed by atoms with van der Waals surface area (Å²) in [6, 6.07) is 0.